The van der Waals surface area contributed by atoms with Crippen LogP contribution in [0.5, 0.6) is 0 Å². The molecule has 1 aromatic heterocycles. The van der Waals surface area contributed by atoms with Crippen LogP contribution in [0.15, 0.2) is 12.3 Å². The van der Waals surface area contributed by atoms with Gasteiger partial charge in [-0.05, 0) is 18.9 Å². The van der Waals surface area contributed by atoms with Gasteiger partial charge in [-0.1, -0.05) is 12.8 Å². The minimum absolute atomic E-state index is 0.276. The molecular weight excluding hydrogens is 292 g/mol. The van der Waals surface area contributed by atoms with Crippen LogP contribution in [0.25, 0.3) is 0 Å². The van der Waals surface area contributed by atoms with E-state index in [0.29, 0.717) is 19.1 Å². The fraction of sp³-hybridized carbons (Fsp3) is 0.765. The molecule has 126 valence electrons. The summed E-state index contributed by atoms with van der Waals surface area (Å²) in [6.45, 7) is 5.42. The van der Waals surface area contributed by atoms with Gasteiger partial charge in [-0.2, -0.15) is 0 Å². The van der Waals surface area contributed by atoms with Crippen LogP contribution >= 0.6 is 0 Å². The highest BCUT2D eigenvalue weighted by molar-refractivity contribution is 5.33. The van der Waals surface area contributed by atoms with Crippen LogP contribution in [0.4, 0.5) is 5.95 Å². The second kappa shape index (κ2) is 6.71. The van der Waals surface area contributed by atoms with E-state index in [2.05, 4.69) is 21.3 Å². The molecule has 0 unspecified atom stereocenters. The second-order valence-electron chi connectivity index (χ2n) is 6.95. The van der Waals surface area contributed by atoms with Crippen molar-refractivity contribution in [2.24, 2.45) is 0 Å². The Labute approximate surface area is 137 Å². The predicted molar refractivity (Wildman–Crippen MR) is 87.8 cm³/mol. The largest absolute Gasteiger partial charge is 0.377 e. The minimum Gasteiger partial charge on any atom is -0.377 e. The van der Waals surface area contributed by atoms with Gasteiger partial charge in [-0.3, -0.25) is 0 Å². The third-order valence-corrected chi connectivity index (χ3v) is 5.20. The highest BCUT2D eigenvalue weighted by Gasteiger charge is 2.39. The quantitative estimate of drug-likeness (QED) is 0.888. The van der Waals surface area contributed by atoms with E-state index in [1.165, 1.54) is 31.4 Å². The van der Waals surface area contributed by atoms with E-state index in [1.54, 1.807) is 0 Å². The number of rotatable bonds is 2. The Kier molecular flexibility index (Phi) is 4.46. The average Bonchev–Trinajstić information content (AvgIpc) is 3.05. The van der Waals surface area contributed by atoms with Gasteiger partial charge < -0.3 is 19.7 Å². The predicted octanol–water partition coefficient (Wildman–Crippen LogP) is 1.33. The Morgan fingerprint density at radius 1 is 1.26 bits per heavy atom. The number of nitrogens with one attached hydrogen (secondary N) is 1. The number of hydrogen-bond acceptors (Lipinski definition) is 6. The van der Waals surface area contributed by atoms with Gasteiger partial charge in [0.15, 0.2) is 0 Å². The average molecular weight is 318 g/mol. The monoisotopic (exact) mass is 318 g/mol. The number of anilines is 1. The lowest BCUT2D eigenvalue weighted by molar-refractivity contribution is -0.0915. The van der Waals surface area contributed by atoms with Gasteiger partial charge in [0.25, 0.3) is 0 Å². The first kappa shape index (κ1) is 15.3. The third kappa shape index (κ3) is 3.34. The molecule has 2 saturated heterocycles. The van der Waals surface area contributed by atoms with Gasteiger partial charge in [0, 0.05) is 37.4 Å². The van der Waals surface area contributed by atoms with Crippen molar-refractivity contribution >= 4 is 5.95 Å². The smallest absolute Gasteiger partial charge is 0.225 e. The van der Waals surface area contributed by atoms with E-state index < -0.39 is 0 Å². The van der Waals surface area contributed by atoms with Crippen LogP contribution in [0.2, 0.25) is 0 Å². The van der Waals surface area contributed by atoms with Gasteiger partial charge in [0.05, 0.1) is 26.4 Å². The van der Waals surface area contributed by atoms with Crippen LogP contribution < -0.4 is 10.2 Å². The SMILES string of the molecule is c1cc(C2CCCC2)nc(N2CCO[C@@]3(CNCCOC3)C2)n1. The lowest BCUT2D eigenvalue weighted by atomic mass is 10.0. The molecule has 1 atom stereocenters. The van der Waals surface area contributed by atoms with Gasteiger partial charge in [0.2, 0.25) is 5.95 Å². The van der Waals surface area contributed by atoms with E-state index in [4.69, 9.17) is 14.5 Å². The maximum absolute atomic E-state index is 6.08. The number of nitrogens with zero attached hydrogens (tertiary/aromatic N) is 3. The molecule has 2 aliphatic heterocycles. The second-order valence-corrected chi connectivity index (χ2v) is 6.95. The normalized spacial score (nSPS) is 29.8. The maximum atomic E-state index is 6.08. The molecule has 1 aliphatic carbocycles. The van der Waals surface area contributed by atoms with Crippen molar-refractivity contribution in [2.45, 2.75) is 37.2 Å². The van der Waals surface area contributed by atoms with E-state index in [9.17, 15) is 0 Å². The summed E-state index contributed by atoms with van der Waals surface area (Å²) in [6, 6.07) is 2.09. The molecule has 3 aliphatic rings. The van der Waals surface area contributed by atoms with Crippen LogP contribution in [0.1, 0.15) is 37.3 Å². The molecule has 4 rings (SSSR count). The van der Waals surface area contributed by atoms with Crippen molar-refractivity contribution in [2.75, 3.05) is 50.9 Å². The highest BCUT2D eigenvalue weighted by atomic mass is 16.5. The number of hydrogen-bond donors (Lipinski definition) is 1. The van der Waals surface area contributed by atoms with Crippen molar-refractivity contribution in [1.82, 2.24) is 15.3 Å². The first-order valence-electron chi connectivity index (χ1n) is 8.85. The van der Waals surface area contributed by atoms with Crippen molar-refractivity contribution < 1.29 is 9.47 Å². The van der Waals surface area contributed by atoms with Crippen molar-refractivity contribution in [1.29, 1.82) is 0 Å². The number of morpholine rings is 1. The Hall–Kier alpha value is -1.24. The summed E-state index contributed by atoms with van der Waals surface area (Å²) in [5, 5.41) is 3.42. The summed E-state index contributed by atoms with van der Waals surface area (Å²) in [5.41, 5.74) is 0.935. The number of aromatic nitrogens is 2. The fourth-order valence-corrected chi connectivity index (χ4v) is 3.94. The van der Waals surface area contributed by atoms with Gasteiger partial charge in [-0.25, -0.2) is 9.97 Å². The first-order valence-corrected chi connectivity index (χ1v) is 8.85. The highest BCUT2D eigenvalue weighted by Crippen LogP contribution is 2.33. The summed E-state index contributed by atoms with van der Waals surface area (Å²) in [6.07, 6.45) is 7.10. The van der Waals surface area contributed by atoms with Gasteiger partial charge in [0.1, 0.15) is 5.60 Å². The van der Waals surface area contributed by atoms with E-state index in [-0.39, 0.29) is 5.60 Å². The zero-order valence-corrected chi connectivity index (χ0v) is 13.7. The molecule has 1 aromatic rings. The van der Waals surface area contributed by atoms with Crippen molar-refractivity contribution in [3.63, 3.8) is 0 Å². The fourth-order valence-electron chi connectivity index (χ4n) is 3.94. The van der Waals surface area contributed by atoms with Crippen LogP contribution in [-0.2, 0) is 9.47 Å². The van der Waals surface area contributed by atoms with Gasteiger partial charge in [-0.15, -0.1) is 0 Å². The lowest BCUT2D eigenvalue weighted by Crippen LogP contribution is -2.58. The molecular formula is C17H26N4O2. The third-order valence-electron chi connectivity index (χ3n) is 5.20. The summed E-state index contributed by atoms with van der Waals surface area (Å²) >= 11 is 0. The number of ether oxygens (including phenoxy) is 2. The van der Waals surface area contributed by atoms with E-state index in [0.717, 1.165) is 38.7 Å². The Morgan fingerprint density at radius 3 is 3.09 bits per heavy atom. The summed E-state index contributed by atoms with van der Waals surface area (Å²) in [5.74, 6) is 1.47. The molecule has 3 heterocycles. The lowest BCUT2D eigenvalue weighted by Gasteiger charge is -2.41. The Balaban J connectivity index is 1.51. The molecule has 6 nitrogen and oxygen atoms in total. The minimum atomic E-state index is -0.276. The maximum Gasteiger partial charge on any atom is 0.225 e. The first-order chi connectivity index (χ1) is 11.3. The molecule has 6 heteroatoms. The van der Waals surface area contributed by atoms with Crippen LogP contribution in [0.3, 0.4) is 0 Å². The van der Waals surface area contributed by atoms with E-state index in [1.807, 2.05) is 6.20 Å². The molecule has 0 radical (unpaired) electrons. The van der Waals surface area contributed by atoms with Crippen molar-refractivity contribution in [3.8, 4) is 0 Å². The van der Waals surface area contributed by atoms with Crippen LogP contribution in [0, 0.1) is 0 Å². The molecule has 3 fully saturated rings. The standard InChI is InChI=1S/C17H26N4O2/c1-2-4-14(3-1)15-5-6-19-16(20-15)21-8-10-23-17(12-21)11-18-7-9-22-13-17/h5-6,14,18H,1-4,7-13H2/t17-/m0/s1. The zero-order chi connectivity index (χ0) is 15.5. The Bertz CT molecular complexity index is 525. The zero-order valence-electron chi connectivity index (χ0n) is 13.7. The van der Waals surface area contributed by atoms with Crippen molar-refractivity contribution in [3.05, 3.63) is 18.0 Å². The molecule has 1 N–H and O–H groups in total. The Morgan fingerprint density at radius 2 is 2.17 bits per heavy atom. The summed E-state index contributed by atoms with van der Waals surface area (Å²) in [4.78, 5) is 11.7. The summed E-state index contributed by atoms with van der Waals surface area (Å²) in [7, 11) is 0. The molecule has 0 bridgehead atoms. The molecule has 1 spiro atoms. The topological polar surface area (TPSA) is 59.5 Å². The molecule has 1 saturated carbocycles. The molecule has 23 heavy (non-hydrogen) atoms. The summed E-state index contributed by atoms with van der Waals surface area (Å²) < 4.78 is 11.8. The van der Waals surface area contributed by atoms with Gasteiger partial charge >= 0.3 is 0 Å². The molecule has 0 amide bonds. The van der Waals surface area contributed by atoms with Crippen LogP contribution in [-0.4, -0.2) is 61.6 Å². The molecule has 0 aromatic carbocycles. The van der Waals surface area contributed by atoms with E-state index >= 15 is 0 Å².